The molecule has 0 bridgehead atoms. The second-order valence-corrected chi connectivity index (χ2v) is 5.92. The fourth-order valence-corrected chi connectivity index (χ4v) is 3.29. The molecule has 1 heterocycles. The highest BCUT2D eigenvalue weighted by Gasteiger charge is 2.26. The van der Waals surface area contributed by atoms with Crippen LogP contribution >= 0.6 is 0 Å². The Labute approximate surface area is 127 Å². The number of aromatic nitrogens is 2. The van der Waals surface area contributed by atoms with Gasteiger partial charge in [0.05, 0.1) is 0 Å². The van der Waals surface area contributed by atoms with E-state index in [0.29, 0.717) is 24.4 Å². The minimum Gasteiger partial charge on any atom is -0.370 e. The lowest BCUT2D eigenvalue weighted by molar-refractivity contribution is 0.0477. The number of hydrogen-bond donors (Lipinski definition) is 1. The van der Waals surface area contributed by atoms with Crippen LogP contribution in [0.3, 0.4) is 0 Å². The molecule has 3 atom stereocenters. The summed E-state index contributed by atoms with van der Waals surface area (Å²) >= 11 is 0. The van der Waals surface area contributed by atoms with Crippen molar-refractivity contribution >= 4 is 0 Å². The lowest BCUT2D eigenvalue weighted by Crippen LogP contribution is -2.37. The third-order valence-corrected chi connectivity index (χ3v) is 4.41. The van der Waals surface area contributed by atoms with Gasteiger partial charge in [-0.3, -0.25) is 0 Å². The summed E-state index contributed by atoms with van der Waals surface area (Å²) in [6.45, 7) is 4.83. The van der Waals surface area contributed by atoms with Gasteiger partial charge in [0.25, 0.3) is 0 Å². The number of ether oxygens (including phenoxy) is 1. The van der Waals surface area contributed by atoms with Gasteiger partial charge in [-0.05, 0) is 39.2 Å². The topological polar surface area (TPSA) is 60.2 Å². The Balaban J connectivity index is 1.98. The first-order chi connectivity index (χ1) is 10.3. The average Bonchev–Trinajstić information content (AvgIpc) is 2.96. The Morgan fingerprint density at radius 3 is 2.86 bits per heavy atom. The SMILES string of the molecule is CCCC(OCC)c1noc(CC2CCCCC2NC)n1. The third kappa shape index (κ3) is 4.51. The molecule has 1 aliphatic rings. The fraction of sp³-hybridized carbons (Fsp3) is 0.875. The molecule has 0 spiro atoms. The van der Waals surface area contributed by atoms with E-state index in [4.69, 9.17) is 9.26 Å². The standard InChI is InChI=1S/C16H29N3O2/c1-4-8-14(20-5-2)16-18-15(21-19-16)11-12-9-6-7-10-13(12)17-3/h12-14,17H,4-11H2,1-3H3. The molecule has 1 N–H and O–H groups in total. The molecule has 1 fully saturated rings. The third-order valence-electron chi connectivity index (χ3n) is 4.41. The summed E-state index contributed by atoms with van der Waals surface area (Å²) in [4.78, 5) is 4.58. The van der Waals surface area contributed by atoms with Gasteiger partial charge in [0, 0.05) is 19.1 Å². The van der Waals surface area contributed by atoms with Crippen LogP contribution in [0.5, 0.6) is 0 Å². The molecule has 2 rings (SSSR count). The van der Waals surface area contributed by atoms with Crippen molar-refractivity contribution in [1.82, 2.24) is 15.5 Å². The molecule has 3 unspecified atom stereocenters. The summed E-state index contributed by atoms with van der Waals surface area (Å²) in [6, 6.07) is 0.576. The van der Waals surface area contributed by atoms with Crippen molar-refractivity contribution < 1.29 is 9.26 Å². The van der Waals surface area contributed by atoms with Gasteiger partial charge in [-0.2, -0.15) is 4.98 Å². The smallest absolute Gasteiger partial charge is 0.227 e. The van der Waals surface area contributed by atoms with Crippen molar-refractivity contribution in [1.29, 1.82) is 0 Å². The van der Waals surface area contributed by atoms with E-state index in [-0.39, 0.29) is 6.10 Å². The Hall–Kier alpha value is -0.940. The second kappa shape index (κ2) is 8.49. The molecule has 1 saturated carbocycles. The van der Waals surface area contributed by atoms with Crippen molar-refractivity contribution in [2.45, 2.75) is 70.9 Å². The van der Waals surface area contributed by atoms with Crippen LogP contribution in [-0.4, -0.2) is 29.8 Å². The average molecular weight is 295 g/mol. The summed E-state index contributed by atoms with van der Waals surface area (Å²) in [5.74, 6) is 2.08. The van der Waals surface area contributed by atoms with E-state index in [1.807, 2.05) is 6.92 Å². The van der Waals surface area contributed by atoms with Crippen LogP contribution in [0.2, 0.25) is 0 Å². The summed E-state index contributed by atoms with van der Waals surface area (Å²) in [7, 11) is 2.05. The molecule has 0 radical (unpaired) electrons. The Morgan fingerprint density at radius 2 is 2.14 bits per heavy atom. The van der Waals surface area contributed by atoms with E-state index in [0.717, 1.165) is 25.2 Å². The normalized spacial score (nSPS) is 24.1. The number of rotatable bonds is 8. The molecule has 0 aliphatic heterocycles. The molecule has 1 aliphatic carbocycles. The molecular weight excluding hydrogens is 266 g/mol. The lowest BCUT2D eigenvalue weighted by atomic mass is 9.82. The van der Waals surface area contributed by atoms with Crippen LogP contribution in [0, 0.1) is 5.92 Å². The van der Waals surface area contributed by atoms with Gasteiger partial charge in [0.15, 0.2) is 0 Å². The maximum absolute atomic E-state index is 5.72. The molecule has 1 aromatic rings. The van der Waals surface area contributed by atoms with Crippen molar-refractivity contribution in [3.8, 4) is 0 Å². The van der Waals surface area contributed by atoms with E-state index < -0.39 is 0 Å². The number of nitrogens with one attached hydrogen (secondary N) is 1. The van der Waals surface area contributed by atoms with Gasteiger partial charge in [-0.15, -0.1) is 0 Å². The molecule has 5 heteroatoms. The van der Waals surface area contributed by atoms with Crippen molar-refractivity contribution in [3.05, 3.63) is 11.7 Å². The van der Waals surface area contributed by atoms with E-state index in [1.165, 1.54) is 25.7 Å². The van der Waals surface area contributed by atoms with Gasteiger partial charge in [0.1, 0.15) is 6.10 Å². The Morgan fingerprint density at radius 1 is 1.33 bits per heavy atom. The van der Waals surface area contributed by atoms with E-state index in [1.54, 1.807) is 0 Å². The highest BCUT2D eigenvalue weighted by molar-refractivity contribution is 4.94. The van der Waals surface area contributed by atoms with E-state index in [9.17, 15) is 0 Å². The molecule has 120 valence electrons. The molecule has 1 aromatic heterocycles. The van der Waals surface area contributed by atoms with Gasteiger partial charge >= 0.3 is 0 Å². The second-order valence-electron chi connectivity index (χ2n) is 5.92. The first-order valence-corrected chi connectivity index (χ1v) is 8.39. The lowest BCUT2D eigenvalue weighted by Gasteiger charge is -2.30. The van der Waals surface area contributed by atoms with E-state index >= 15 is 0 Å². The predicted octanol–water partition coefficient (Wildman–Crippen LogP) is 3.27. The molecule has 0 aromatic carbocycles. The molecule has 0 amide bonds. The molecular formula is C16H29N3O2. The van der Waals surface area contributed by atoms with Crippen LogP contribution in [0.4, 0.5) is 0 Å². The van der Waals surface area contributed by atoms with Gasteiger partial charge in [0.2, 0.25) is 11.7 Å². The van der Waals surface area contributed by atoms with E-state index in [2.05, 4.69) is 29.4 Å². The van der Waals surface area contributed by atoms with Crippen molar-refractivity contribution in [3.63, 3.8) is 0 Å². The van der Waals surface area contributed by atoms with Gasteiger partial charge in [-0.1, -0.05) is 31.3 Å². The zero-order valence-corrected chi connectivity index (χ0v) is 13.6. The first kappa shape index (κ1) is 16.4. The van der Waals surface area contributed by atoms with Crippen LogP contribution in [0.1, 0.15) is 70.2 Å². The number of hydrogen-bond acceptors (Lipinski definition) is 5. The Kier molecular flexibility index (Phi) is 6.64. The van der Waals surface area contributed by atoms with Gasteiger partial charge < -0.3 is 14.6 Å². The number of nitrogens with zero attached hydrogens (tertiary/aromatic N) is 2. The Bertz CT molecular complexity index is 402. The quantitative estimate of drug-likeness (QED) is 0.797. The predicted molar refractivity (Wildman–Crippen MR) is 82.1 cm³/mol. The minimum absolute atomic E-state index is 0.0241. The maximum atomic E-state index is 5.72. The summed E-state index contributed by atoms with van der Waals surface area (Å²) < 4.78 is 11.2. The molecule has 0 saturated heterocycles. The molecule has 5 nitrogen and oxygen atoms in total. The largest absolute Gasteiger partial charge is 0.370 e. The first-order valence-electron chi connectivity index (χ1n) is 8.39. The summed E-state index contributed by atoms with van der Waals surface area (Å²) in [5.41, 5.74) is 0. The molecule has 21 heavy (non-hydrogen) atoms. The zero-order chi connectivity index (χ0) is 15.1. The van der Waals surface area contributed by atoms with Crippen molar-refractivity contribution in [2.24, 2.45) is 5.92 Å². The van der Waals surface area contributed by atoms with Gasteiger partial charge in [-0.25, -0.2) is 0 Å². The highest BCUT2D eigenvalue weighted by Crippen LogP contribution is 2.28. The minimum atomic E-state index is -0.0241. The van der Waals surface area contributed by atoms with Crippen molar-refractivity contribution in [2.75, 3.05) is 13.7 Å². The van der Waals surface area contributed by atoms with Crippen LogP contribution in [0.15, 0.2) is 4.52 Å². The van der Waals surface area contributed by atoms with Crippen LogP contribution in [0.25, 0.3) is 0 Å². The summed E-state index contributed by atoms with van der Waals surface area (Å²) in [6.07, 6.45) is 7.97. The maximum Gasteiger partial charge on any atom is 0.227 e. The highest BCUT2D eigenvalue weighted by atomic mass is 16.5. The fourth-order valence-electron chi connectivity index (χ4n) is 3.29. The van der Waals surface area contributed by atoms with Crippen LogP contribution < -0.4 is 5.32 Å². The summed E-state index contributed by atoms with van der Waals surface area (Å²) in [5, 5.41) is 7.57. The zero-order valence-electron chi connectivity index (χ0n) is 13.6. The van der Waals surface area contributed by atoms with Crippen LogP contribution in [-0.2, 0) is 11.2 Å². The monoisotopic (exact) mass is 295 g/mol.